The molecule has 1 aliphatic carbocycles. The fourth-order valence-electron chi connectivity index (χ4n) is 4.85. The Labute approximate surface area is 223 Å². The van der Waals surface area contributed by atoms with Crippen LogP contribution in [0.4, 0.5) is 22.4 Å². The van der Waals surface area contributed by atoms with E-state index >= 15 is 0 Å². The minimum atomic E-state index is -4.91. The standard InChI is InChI=1S/C24H22Cl2F4N2O4S/c25-16-9-12(10-17(26)19(16)27)23(24(28,29)30)11-18(32-36-23)20-14-3-1-2-4-15(14)21(37-20)35-22(33)31-13-5-7-34-8-6-13/h9-10,13H,1-8,11H2,(H,31,33). The number of benzene rings is 1. The Hall–Kier alpha value is -2.08. The molecule has 1 saturated heterocycles. The zero-order valence-corrected chi connectivity index (χ0v) is 21.7. The molecule has 13 heteroatoms. The highest BCUT2D eigenvalue weighted by atomic mass is 35.5. The summed E-state index contributed by atoms with van der Waals surface area (Å²) in [4.78, 5) is 18.1. The van der Waals surface area contributed by atoms with Crippen LogP contribution < -0.4 is 10.1 Å². The third-order valence-corrected chi connectivity index (χ3v) is 8.56. The van der Waals surface area contributed by atoms with Gasteiger partial charge >= 0.3 is 12.3 Å². The van der Waals surface area contributed by atoms with Gasteiger partial charge in [0.1, 0.15) is 5.71 Å². The van der Waals surface area contributed by atoms with Gasteiger partial charge in [-0.25, -0.2) is 9.18 Å². The zero-order chi connectivity index (χ0) is 26.4. The van der Waals surface area contributed by atoms with E-state index < -0.39 is 45.7 Å². The molecule has 200 valence electrons. The number of carbonyl (C=O) groups excluding carboxylic acids is 1. The van der Waals surface area contributed by atoms with Crippen LogP contribution in [0.3, 0.4) is 0 Å². The molecule has 6 nitrogen and oxygen atoms in total. The van der Waals surface area contributed by atoms with E-state index in [0.29, 0.717) is 48.8 Å². The first-order chi connectivity index (χ1) is 17.6. The molecule has 1 N–H and O–H groups in total. The average Bonchev–Trinajstić information content (AvgIpc) is 3.46. The maximum Gasteiger partial charge on any atom is 0.435 e. The molecule has 5 rings (SSSR count). The highest BCUT2D eigenvalue weighted by Crippen LogP contribution is 2.52. The Bertz CT molecular complexity index is 1220. The normalized spacial score (nSPS) is 22.3. The fraction of sp³-hybridized carbons (Fsp3) is 0.500. The average molecular weight is 581 g/mol. The van der Waals surface area contributed by atoms with Crippen LogP contribution in [0.15, 0.2) is 17.3 Å². The summed E-state index contributed by atoms with van der Waals surface area (Å²) in [5.74, 6) is -1.02. The minimum Gasteiger partial charge on any atom is -0.399 e. The second-order valence-electron chi connectivity index (χ2n) is 9.19. The second-order valence-corrected chi connectivity index (χ2v) is 11.0. The molecule has 1 aromatic carbocycles. The van der Waals surface area contributed by atoms with Crippen molar-refractivity contribution >= 4 is 46.3 Å². The summed E-state index contributed by atoms with van der Waals surface area (Å²) in [5, 5.41) is 5.90. The molecule has 0 spiro atoms. The van der Waals surface area contributed by atoms with Crippen LogP contribution in [-0.2, 0) is 28.0 Å². The third-order valence-electron chi connectivity index (χ3n) is 6.81. The Morgan fingerprint density at radius 1 is 1.14 bits per heavy atom. The maximum atomic E-state index is 14.4. The van der Waals surface area contributed by atoms with E-state index in [1.165, 1.54) is 0 Å². The Kier molecular flexibility index (Phi) is 7.34. The highest BCUT2D eigenvalue weighted by molar-refractivity contribution is 7.16. The summed E-state index contributed by atoms with van der Waals surface area (Å²) in [7, 11) is 0. The van der Waals surface area contributed by atoms with Gasteiger partial charge in [-0.15, -0.1) is 0 Å². The Morgan fingerprint density at radius 2 is 1.78 bits per heavy atom. The number of thiophene rings is 1. The molecule has 3 heterocycles. The first-order valence-corrected chi connectivity index (χ1v) is 13.3. The summed E-state index contributed by atoms with van der Waals surface area (Å²) in [6.07, 6.45) is -1.90. The number of hydrogen-bond donors (Lipinski definition) is 1. The number of halogens is 6. The van der Waals surface area contributed by atoms with E-state index in [0.717, 1.165) is 47.4 Å². The Morgan fingerprint density at radius 3 is 2.43 bits per heavy atom. The lowest BCUT2D eigenvalue weighted by molar-refractivity contribution is -0.275. The first-order valence-electron chi connectivity index (χ1n) is 11.8. The quantitative estimate of drug-likeness (QED) is 0.315. The van der Waals surface area contributed by atoms with Crippen molar-refractivity contribution < 1.29 is 36.7 Å². The van der Waals surface area contributed by atoms with E-state index in [-0.39, 0.29) is 11.8 Å². The number of fused-ring (bicyclic) bond motifs is 1. The van der Waals surface area contributed by atoms with E-state index in [1.807, 2.05) is 0 Å². The number of nitrogens with one attached hydrogen (secondary N) is 1. The van der Waals surface area contributed by atoms with Gasteiger partial charge in [-0.2, -0.15) is 13.2 Å². The highest BCUT2D eigenvalue weighted by Gasteiger charge is 2.63. The monoisotopic (exact) mass is 580 g/mol. The van der Waals surface area contributed by atoms with Crippen molar-refractivity contribution in [2.24, 2.45) is 5.16 Å². The van der Waals surface area contributed by atoms with Gasteiger partial charge < -0.3 is 19.6 Å². The fourth-order valence-corrected chi connectivity index (χ4v) is 6.56. The largest absolute Gasteiger partial charge is 0.435 e. The molecule has 2 aliphatic heterocycles. The predicted octanol–water partition coefficient (Wildman–Crippen LogP) is 6.92. The van der Waals surface area contributed by atoms with Gasteiger partial charge in [0.2, 0.25) is 0 Å². The molecule has 37 heavy (non-hydrogen) atoms. The molecule has 0 radical (unpaired) electrons. The molecular formula is C24H22Cl2F4N2O4S. The number of oxime groups is 1. The van der Waals surface area contributed by atoms with Gasteiger partial charge in [-0.1, -0.05) is 39.7 Å². The van der Waals surface area contributed by atoms with Crippen LogP contribution >= 0.6 is 34.5 Å². The summed E-state index contributed by atoms with van der Waals surface area (Å²) in [6.45, 7) is 1.10. The summed E-state index contributed by atoms with van der Waals surface area (Å²) >= 11 is 12.7. The lowest BCUT2D eigenvalue weighted by atomic mass is 9.86. The van der Waals surface area contributed by atoms with Crippen molar-refractivity contribution in [1.29, 1.82) is 0 Å². The van der Waals surface area contributed by atoms with Crippen LogP contribution in [0.5, 0.6) is 5.06 Å². The maximum absolute atomic E-state index is 14.4. The number of nitrogens with zero attached hydrogens (tertiary/aromatic N) is 1. The number of amides is 1. The molecule has 2 aromatic rings. The van der Waals surface area contributed by atoms with Crippen LogP contribution in [-0.4, -0.2) is 37.2 Å². The van der Waals surface area contributed by atoms with Gasteiger partial charge in [0.25, 0.3) is 5.60 Å². The molecule has 1 atom stereocenters. The van der Waals surface area contributed by atoms with Gasteiger partial charge in [0.15, 0.2) is 10.9 Å². The number of ether oxygens (including phenoxy) is 2. The summed E-state index contributed by atoms with van der Waals surface area (Å²) in [6, 6.07) is 1.65. The van der Waals surface area contributed by atoms with Crippen molar-refractivity contribution in [3.63, 3.8) is 0 Å². The summed E-state index contributed by atoms with van der Waals surface area (Å²) in [5.41, 5.74) is -1.67. The molecule has 0 saturated carbocycles. The number of alkyl halides is 3. The lowest BCUT2D eigenvalue weighted by Gasteiger charge is -2.29. The molecule has 0 bridgehead atoms. The SMILES string of the molecule is O=C(NC1CCOCC1)Oc1sc(C2=NOC(c3cc(Cl)c(F)c(Cl)c3)(C(F)(F)F)C2)c2c1CCCC2. The van der Waals surface area contributed by atoms with Crippen LogP contribution in [0.25, 0.3) is 0 Å². The van der Waals surface area contributed by atoms with Gasteiger partial charge in [0.05, 0.1) is 21.3 Å². The van der Waals surface area contributed by atoms with Crippen LogP contribution in [0.1, 0.15) is 53.7 Å². The Balaban J connectivity index is 1.44. The van der Waals surface area contributed by atoms with Crippen molar-refractivity contribution in [2.75, 3.05) is 13.2 Å². The topological polar surface area (TPSA) is 69.2 Å². The third kappa shape index (κ3) is 5.03. The second kappa shape index (κ2) is 10.2. The van der Waals surface area contributed by atoms with Crippen molar-refractivity contribution in [1.82, 2.24) is 5.32 Å². The predicted molar refractivity (Wildman–Crippen MR) is 130 cm³/mol. The van der Waals surface area contributed by atoms with Gasteiger partial charge in [0, 0.05) is 30.4 Å². The smallest absolute Gasteiger partial charge is 0.399 e. The van der Waals surface area contributed by atoms with E-state index in [1.54, 1.807) is 0 Å². The van der Waals surface area contributed by atoms with E-state index in [4.69, 9.17) is 37.5 Å². The molecule has 1 aromatic heterocycles. The number of carbonyl (C=O) groups is 1. The lowest BCUT2D eigenvalue weighted by Crippen LogP contribution is -2.42. The molecule has 1 fully saturated rings. The van der Waals surface area contributed by atoms with Crippen LogP contribution in [0.2, 0.25) is 10.0 Å². The van der Waals surface area contributed by atoms with Crippen LogP contribution in [0, 0.1) is 5.82 Å². The molecular weight excluding hydrogens is 559 g/mol. The van der Waals surface area contributed by atoms with E-state index in [9.17, 15) is 22.4 Å². The summed E-state index contributed by atoms with van der Waals surface area (Å²) < 4.78 is 68.2. The van der Waals surface area contributed by atoms with Gasteiger partial charge in [-0.05, 0) is 56.2 Å². The molecule has 1 amide bonds. The first kappa shape index (κ1) is 26.5. The zero-order valence-electron chi connectivity index (χ0n) is 19.4. The van der Waals surface area contributed by atoms with Gasteiger partial charge in [-0.3, -0.25) is 0 Å². The van der Waals surface area contributed by atoms with Crippen molar-refractivity contribution in [3.8, 4) is 5.06 Å². The number of rotatable bonds is 4. The number of hydrogen-bond acceptors (Lipinski definition) is 6. The van der Waals surface area contributed by atoms with E-state index in [2.05, 4.69) is 10.5 Å². The van der Waals surface area contributed by atoms with Crippen molar-refractivity contribution in [2.45, 2.75) is 62.8 Å². The minimum absolute atomic E-state index is 0.0640. The van der Waals surface area contributed by atoms with Crippen molar-refractivity contribution in [3.05, 3.63) is 49.6 Å². The molecule has 3 aliphatic rings. The molecule has 1 unspecified atom stereocenters.